The molecule has 1 N–H and O–H groups in total. The standard InChI is InChI=1S/C19H24ClN3OS/c1-14-5-6-17(20)18(12-14)21-19(25)23(13-16-4-3-11-24-16)15-7-9-22(2)10-8-15/h3-6,11-12,15H,7-10,13H2,1-2H3,(H,21,25). The largest absolute Gasteiger partial charge is 0.467 e. The molecule has 25 heavy (non-hydrogen) atoms. The molecule has 2 aromatic rings. The van der Waals surface area contributed by atoms with Crippen molar-refractivity contribution in [2.24, 2.45) is 0 Å². The van der Waals surface area contributed by atoms with Crippen LogP contribution in [0.5, 0.6) is 0 Å². The summed E-state index contributed by atoms with van der Waals surface area (Å²) in [6, 6.07) is 10.2. The number of anilines is 1. The molecule has 4 nitrogen and oxygen atoms in total. The minimum atomic E-state index is 0.393. The molecular formula is C19H24ClN3OS. The number of thiocarbonyl (C=S) groups is 1. The van der Waals surface area contributed by atoms with Crippen LogP contribution in [-0.2, 0) is 6.54 Å². The van der Waals surface area contributed by atoms with Crippen molar-refractivity contribution in [1.82, 2.24) is 9.80 Å². The first-order chi connectivity index (χ1) is 12.0. The highest BCUT2D eigenvalue weighted by atomic mass is 35.5. The number of piperidine rings is 1. The van der Waals surface area contributed by atoms with E-state index in [1.165, 1.54) is 0 Å². The number of likely N-dealkylation sites (tertiary alicyclic amines) is 1. The third kappa shape index (κ3) is 4.75. The van der Waals surface area contributed by atoms with E-state index in [0.717, 1.165) is 42.9 Å². The lowest BCUT2D eigenvalue weighted by atomic mass is 10.0. The van der Waals surface area contributed by atoms with Gasteiger partial charge in [-0.05, 0) is 81.9 Å². The number of furan rings is 1. The second-order valence-electron chi connectivity index (χ2n) is 6.66. The topological polar surface area (TPSA) is 31.6 Å². The van der Waals surface area contributed by atoms with Crippen LogP contribution in [0.1, 0.15) is 24.2 Å². The molecule has 1 aromatic carbocycles. The number of aryl methyl sites for hydroxylation is 1. The summed E-state index contributed by atoms with van der Waals surface area (Å²) in [5.74, 6) is 0.915. The highest BCUT2D eigenvalue weighted by molar-refractivity contribution is 7.80. The zero-order valence-electron chi connectivity index (χ0n) is 14.7. The van der Waals surface area contributed by atoms with Crippen molar-refractivity contribution in [2.45, 2.75) is 32.4 Å². The highest BCUT2D eigenvalue weighted by Crippen LogP contribution is 2.25. The molecule has 0 saturated carbocycles. The molecule has 0 aliphatic carbocycles. The molecule has 2 heterocycles. The van der Waals surface area contributed by atoms with Crippen LogP contribution in [0.15, 0.2) is 41.0 Å². The Kier molecular flexibility index (Phi) is 5.99. The number of hydrogen-bond donors (Lipinski definition) is 1. The van der Waals surface area contributed by atoms with Gasteiger partial charge in [0.05, 0.1) is 23.5 Å². The SMILES string of the molecule is Cc1ccc(Cl)c(NC(=S)N(Cc2ccco2)C2CCN(C)CC2)c1. The van der Waals surface area contributed by atoms with Crippen molar-refractivity contribution in [3.8, 4) is 0 Å². The molecule has 0 spiro atoms. The first-order valence-corrected chi connectivity index (χ1v) is 9.36. The molecule has 1 aromatic heterocycles. The van der Waals surface area contributed by atoms with Crippen LogP contribution in [0.4, 0.5) is 5.69 Å². The molecular weight excluding hydrogens is 354 g/mol. The normalized spacial score (nSPS) is 16.0. The molecule has 1 aliphatic rings. The number of nitrogens with one attached hydrogen (secondary N) is 1. The van der Waals surface area contributed by atoms with Crippen LogP contribution < -0.4 is 5.32 Å². The molecule has 134 valence electrons. The van der Waals surface area contributed by atoms with Crippen LogP contribution in [0.3, 0.4) is 0 Å². The third-order valence-corrected chi connectivity index (χ3v) is 5.33. The van der Waals surface area contributed by atoms with Gasteiger partial charge in [-0.2, -0.15) is 0 Å². The Bertz CT molecular complexity index is 711. The van der Waals surface area contributed by atoms with Gasteiger partial charge in [0.25, 0.3) is 0 Å². The maximum absolute atomic E-state index is 6.33. The molecule has 0 bridgehead atoms. The van der Waals surface area contributed by atoms with Gasteiger partial charge >= 0.3 is 0 Å². The molecule has 3 rings (SSSR count). The summed E-state index contributed by atoms with van der Waals surface area (Å²) in [4.78, 5) is 4.59. The predicted molar refractivity (Wildman–Crippen MR) is 107 cm³/mol. The van der Waals surface area contributed by atoms with E-state index >= 15 is 0 Å². The molecule has 1 fully saturated rings. The summed E-state index contributed by atoms with van der Waals surface area (Å²) >= 11 is 12.1. The second-order valence-corrected chi connectivity index (χ2v) is 7.45. The van der Waals surface area contributed by atoms with Crippen molar-refractivity contribution in [1.29, 1.82) is 0 Å². The van der Waals surface area contributed by atoms with Gasteiger partial charge in [-0.1, -0.05) is 17.7 Å². The fourth-order valence-corrected chi connectivity index (χ4v) is 3.65. The number of benzene rings is 1. The van der Waals surface area contributed by atoms with Crippen molar-refractivity contribution < 1.29 is 4.42 Å². The van der Waals surface area contributed by atoms with Crippen LogP contribution in [0.2, 0.25) is 5.02 Å². The minimum Gasteiger partial charge on any atom is -0.467 e. The number of nitrogens with zero attached hydrogens (tertiary/aromatic N) is 2. The van der Waals surface area contributed by atoms with E-state index in [9.17, 15) is 0 Å². The monoisotopic (exact) mass is 377 g/mol. The number of rotatable bonds is 4. The van der Waals surface area contributed by atoms with Crippen LogP contribution in [0.25, 0.3) is 0 Å². The van der Waals surface area contributed by atoms with E-state index in [2.05, 4.69) is 22.2 Å². The molecule has 0 radical (unpaired) electrons. The molecule has 6 heteroatoms. The lowest BCUT2D eigenvalue weighted by Crippen LogP contribution is -2.47. The lowest BCUT2D eigenvalue weighted by Gasteiger charge is -2.38. The van der Waals surface area contributed by atoms with Crippen molar-refractivity contribution in [3.05, 3.63) is 52.9 Å². The summed E-state index contributed by atoms with van der Waals surface area (Å²) in [7, 11) is 2.16. The number of hydrogen-bond acceptors (Lipinski definition) is 3. The summed E-state index contributed by atoms with van der Waals surface area (Å²) < 4.78 is 5.55. The quantitative estimate of drug-likeness (QED) is 0.791. The van der Waals surface area contributed by atoms with Gasteiger partial charge in [0.1, 0.15) is 5.76 Å². The van der Waals surface area contributed by atoms with Crippen molar-refractivity contribution >= 4 is 34.6 Å². The van der Waals surface area contributed by atoms with Gasteiger partial charge in [-0.25, -0.2) is 0 Å². The zero-order chi connectivity index (χ0) is 17.8. The van der Waals surface area contributed by atoms with Gasteiger partial charge in [-0.3, -0.25) is 0 Å². The third-order valence-electron chi connectivity index (χ3n) is 4.66. The summed E-state index contributed by atoms with van der Waals surface area (Å²) in [6.07, 6.45) is 3.87. The van der Waals surface area contributed by atoms with Crippen LogP contribution >= 0.6 is 23.8 Å². The number of halogens is 1. The second kappa shape index (κ2) is 8.21. The highest BCUT2D eigenvalue weighted by Gasteiger charge is 2.26. The van der Waals surface area contributed by atoms with E-state index < -0.39 is 0 Å². The van der Waals surface area contributed by atoms with Crippen LogP contribution in [0, 0.1) is 6.92 Å². The van der Waals surface area contributed by atoms with Gasteiger partial charge < -0.3 is 19.5 Å². The Labute approximate surface area is 159 Å². The first kappa shape index (κ1) is 18.2. The molecule has 0 unspecified atom stereocenters. The average Bonchev–Trinajstić information content (AvgIpc) is 3.10. The predicted octanol–water partition coefficient (Wildman–Crippen LogP) is 4.53. The van der Waals surface area contributed by atoms with Gasteiger partial charge in [0, 0.05) is 6.04 Å². The summed E-state index contributed by atoms with van der Waals surface area (Å²) in [5.41, 5.74) is 2.00. The van der Waals surface area contributed by atoms with Crippen molar-refractivity contribution in [3.63, 3.8) is 0 Å². The Morgan fingerprint density at radius 1 is 1.36 bits per heavy atom. The maximum Gasteiger partial charge on any atom is 0.174 e. The average molecular weight is 378 g/mol. The first-order valence-electron chi connectivity index (χ1n) is 8.57. The van der Waals surface area contributed by atoms with Gasteiger partial charge in [-0.15, -0.1) is 0 Å². The molecule has 1 aliphatic heterocycles. The Hall–Kier alpha value is -1.56. The van der Waals surface area contributed by atoms with E-state index in [1.54, 1.807) is 6.26 Å². The minimum absolute atomic E-state index is 0.393. The van der Waals surface area contributed by atoms with E-state index in [4.69, 9.17) is 28.2 Å². The molecule has 0 atom stereocenters. The Morgan fingerprint density at radius 3 is 2.80 bits per heavy atom. The van der Waals surface area contributed by atoms with E-state index in [1.807, 2.05) is 37.3 Å². The van der Waals surface area contributed by atoms with Gasteiger partial charge in [0.15, 0.2) is 5.11 Å². The van der Waals surface area contributed by atoms with E-state index in [0.29, 0.717) is 22.7 Å². The summed E-state index contributed by atoms with van der Waals surface area (Å²) in [6.45, 7) is 4.86. The molecule has 0 amide bonds. The van der Waals surface area contributed by atoms with E-state index in [-0.39, 0.29) is 0 Å². The van der Waals surface area contributed by atoms with Gasteiger partial charge in [0.2, 0.25) is 0 Å². The maximum atomic E-state index is 6.33. The smallest absolute Gasteiger partial charge is 0.174 e. The zero-order valence-corrected chi connectivity index (χ0v) is 16.2. The Morgan fingerprint density at radius 2 is 2.12 bits per heavy atom. The lowest BCUT2D eigenvalue weighted by molar-refractivity contribution is 0.168. The van der Waals surface area contributed by atoms with Crippen LogP contribution in [-0.4, -0.2) is 41.1 Å². The fraction of sp³-hybridized carbons (Fsp3) is 0.421. The molecule has 1 saturated heterocycles. The summed E-state index contributed by atoms with van der Waals surface area (Å²) in [5, 5.41) is 4.71. The Balaban J connectivity index is 1.77. The fourth-order valence-electron chi connectivity index (χ4n) is 3.17. The van der Waals surface area contributed by atoms with Crippen molar-refractivity contribution in [2.75, 3.05) is 25.5 Å².